The zero-order chi connectivity index (χ0) is 25.4. The van der Waals surface area contributed by atoms with Crippen LogP contribution in [-0.4, -0.2) is 48.8 Å². The first-order chi connectivity index (χ1) is 17.3. The van der Waals surface area contributed by atoms with Crippen LogP contribution >= 0.6 is 22.9 Å². The average Bonchev–Trinajstić information content (AvgIpc) is 3.65. The maximum absolute atomic E-state index is 13.7. The van der Waals surface area contributed by atoms with Gasteiger partial charge in [-0.25, -0.2) is 13.4 Å². The number of nitrogens with zero attached hydrogens (tertiary/aromatic N) is 4. The number of methoxy groups -OCH3 is 1. The van der Waals surface area contributed by atoms with E-state index in [2.05, 4.69) is 9.97 Å². The van der Waals surface area contributed by atoms with Crippen molar-refractivity contribution in [2.45, 2.75) is 30.3 Å². The minimum Gasteiger partial charge on any atom is -0.494 e. The van der Waals surface area contributed by atoms with Gasteiger partial charge in [0, 0.05) is 31.0 Å². The van der Waals surface area contributed by atoms with Crippen molar-refractivity contribution in [2.24, 2.45) is 0 Å². The van der Waals surface area contributed by atoms with Gasteiger partial charge in [0.05, 0.1) is 28.3 Å². The van der Waals surface area contributed by atoms with Crippen LogP contribution in [0, 0.1) is 0 Å². The predicted molar refractivity (Wildman–Crippen MR) is 140 cm³/mol. The Labute approximate surface area is 218 Å². The fourth-order valence-electron chi connectivity index (χ4n) is 3.84. The quantitative estimate of drug-likeness (QED) is 0.312. The number of carbonyl (C=O) groups excluding carboxylic acids is 1. The van der Waals surface area contributed by atoms with Crippen molar-refractivity contribution in [3.05, 3.63) is 77.1 Å². The number of fused-ring (bicyclic) bond motifs is 1. The number of pyridine rings is 1. The maximum atomic E-state index is 13.7. The molecule has 0 atom stereocenters. The van der Waals surface area contributed by atoms with Gasteiger partial charge in [-0.2, -0.15) is 4.31 Å². The van der Waals surface area contributed by atoms with Gasteiger partial charge in [0.2, 0.25) is 10.0 Å². The Morgan fingerprint density at radius 2 is 1.81 bits per heavy atom. The van der Waals surface area contributed by atoms with Gasteiger partial charge in [-0.1, -0.05) is 22.9 Å². The van der Waals surface area contributed by atoms with Crippen LogP contribution in [0.25, 0.3) is 10.2 Å². The van der Waals surface area contributed by atoms with Crippen LogP contribution in [0.3, 0.4) is 0 Å². The summed E-state index contributed by atoms with van der Waals surface area (Å²) >= 11 is 7.70. The highest BCUT2D eigenvalue weighted by Crippen LogP contribution is 2.39. The van der Waals surface area contributed by atoms with E-state index in [1.54, 1.807) is 43.6 Å². The number of aromatic nitrogens is 2. The Hall–Kier alpha value is -3.05. The Balaban J connectivity index is 1.52. The molecule has 186 valence electrons. The van der Waals surface area contributed by atoms with Crippen LogP contribution < -0.4 is 9.64 Å². The summed E-state index contributed by atoms with van der Waals surface area (Å²) in [5.41, 5.74) is 1.78. The Kier molecular flexibility index (Phi) is 6.69. The third kappa shape index (κ3) is 4.69. The highest BCUT2D eigenvalue weighted by molar-refractivity contribution is 7.89. The number of anilines is 1. The van der Waals surface area contributed by atoms with Gasteiger partial charge in [-0.15, -0.1) is 0 Å². The minimum atomic E-state index is -3.61. The first-order valence-corrected chi connectivity index (χ1v) is 13.8. The highest BCUT2D eigenvalue weighted by Gasteiger charge is 2.35. The van der Waals surface area contributed by atoms with Crippen LogP contribution in [0.4, 0.5) is 5.13 Å². The molecule has 5 rings (SSSR count). The lowest BCUT2D eigenvalue weighted by atomic mass is 10.2. The van der Waals surface area contributed by atoms with Crippen molar-refractivity contribution >= 4 is 54.2 Å². The molecule has 1 saturated carbocycles. The van der Waals surface area contributed by atoms with E-state index in [1.807, 2.05) is 12.1 Å². The molecule has 1 aliphatic carbocycles. The van der Waals surface area contributed by atoms with E-state index in [-0.39, 0.29) is 23.4 Å². The van der Waals surface area contributed by atoms with Crippen molar-refractivity contribution in [1.29, 1.82) is 0 Å². The van der Waals surface area contributed by atoms with Crippen LogP contribution in [-0.2, 0) is 16.6 Å². The summed E-state index contributed by atoms with van der Waals surface area (Å²) in [6.45, 7) is 0.242. The largest absolute Gasteiger partial charge is 0.494 e. The summed E-state index contributed by atoms with van der Waals surface area (Å²) in [5, 5.41) is 0.962. The number of carbonyl (C=O) groups is 1. The molecule has 0 N–H and O–H groups in total. The third-order valence-electron chi connectivity index (χ3n) is 6.07. The smallest absolute Gasteiger partial charge is 0.260 e. The number of ether oxygens (including phenoxy) is 1. The summed E-state index contributed by atoms with van der Waals surface area (Å²) in [5.74, 6) is 0.239. The molecule has 36 heavy (non-hydrogen) atoms. The lowest BCUT2D eigenvalue weighted by Crippen LogP contribution is -2.31. The van der Waals surface area contributed by atoms with E-state index in [0.29, 0.717) is 31.7 Å². The highest BCUT2D eigenvalue weighted by atomic mass is 35.5. The lowest BCUT2D eigenvalue weighted by molar-refractivity contribution is 0.0985. The van der Waals surface area contributed by atoms with Crippen molar-refractivity contribution < 1.29 is 17.9 Å². The van der Waals surface area contributed by atoms with Gasteiger partial charge in [0.25, 0.3) is 5.91 Å². The number of hydrogen-bond acceptors (Lipinski definition) is 7. The zero-order valence-corrected chi connectivity index (χ0v) is 22.0. The molecular formula is C25H23ClN4O4S2. The van der Waals surface area contributed by atoms with E-state index < -0.39 is 10.0 Å². The Morgan fingerprint density at radius 1 is 1.11 bits per heavy atom. The molecule has 2 heterocycles. The van der Waals surface area contributed by atoms with Gasteiger partial charge in [-0.05, 0) is 66.9 Å². The third-order valence-corrected chi connectivity index (χ3v) is 9.54. The van der Waals surface area contributed by atoms with Gasteiger partial charge in [0.1, 0.15) is 11.3 Å². The van der Waals surface area contributed by atoms with E-state index in [1.165, 1.54) is 39.9 Å². The van der Waals surface area contributed by atoms with Crippen molar-refractivity contribution in [2.75, 3.05) is 19.1 Å². The minimum absolute atomic E-state index is 0.0509. The molecule has 0 spiro atoms. The van der Waals surface area contributed by atoms with Crippen LogP contribution in [0.5, 0.6) is 5.75 Å². The number of amides is 1. The Bertz CT molecular complexity index is 1520. The topological polar surface area (TPSA) is 92.7 Å². The van der Waals surface area contributed by atoms with Crippen molar-refractivity contribution in [3.63, 3.8) is 0 Å². The van der Waals surface area contributed by atoms with Crippen molar-refractivity contribution in [1.82, 2.24) is 14.3 Å². The van der Waals surface area contributed by atoms with E-state index in [4.69, 9.17) is 16.3 Å². The molecule has 0 saturated heterocycles. The second-order valence-corrected chi connectivity index (χ2v) is 11.8. The molecule has 0 radical (unpaired) electrons. The first kappa shape index (κ1) is 24.6. The van der Waals surface area contributed by atoms with E-state index in [9.17, 15) is 13.2 Å². The molecule has 1 amide bonds. The van der Waals surface area contributed by atoms with E-state index >= 15 is 0 Å². The van der Waals surface area contributed by atoms with Crippen LogP contribution in [0.2, 0.25) is 5.02 Å². The zero-order valence-electron chi connectivity index (χ0n) is 19.6. The van der Waals surface area contributed by atoms with Crippen LogP contribution in [0.1, 0.15) is 28.8 Å². The average molecular weight is 543 g/mol. The monoisotopic (exact) mass is 542 g/mol. The fourth-order valence-corrected chi connectivity index (χ4v) is 6.51. The summed E-state index contributed by atoms with van der Waals surface area (Å²) in [6.07, 6.45) is 5.05. The molecule has 0 unspecified atom stereocenters. The normalized spacial score (nSPS) is 13.8. The van der Waals surface area contributed by atoms with Crippen LogP contribution in [0.15, 0.2) is 65.8 Å². The second-order valence-electron chi connectivity index (χ2n) is 8.45. The standard InChI is InChI=1S/C25H23ClN4O4S2/c1-29(18-5-6-18)36(32,33)19-7-3-17(4-8-19)24(31)30(15-16-11-13-27-14-12-16)25-28-22-21(34-2)10-9-20(26)23(22)35-25/h3-4,7-14,18H,5-6,15H2,1-2H3. The molecule has 2 aromatic carbocycles. The second kappa shape index (κ2) is 9.78. The van der Waals surface area contributed by atoms with Gasteiger partial charge < -0.3 is 4.74 Å². The number of benzene rings is 2. The number of sulfonamides is 1. The molecular weight excluding hydrogens is 520 g/mol. The molecule has 0 aliphatic heterocycles. The summed E-state index contributed by atoms with van der Waals surface area (Å²) in [7, 11) is -0.461. The Morgan fingerprint density at radius 3 is 2.44 bits per heavy atom. The van der Waals surface area contributed by atoms with Gasteiger partial charge in [0.15, 0.2) is 5.13 Å². The molecule has 1 aliphatic rings. The molecule has 0 bridgehead atoms. The van der Waals surface area contributed by atoms with E-state index in [0.717, 1.165) is 18.4 Å². The number of thiazole rings is 1. The first-order valence-electron chi connectivity index (χ1n) is 11.2. The summed E-state index contributed by atoms with van der Waals surface area (Å²) in [4.78, 5) is 24.2. The van der Waals surface area contributed by atoms with Gasteiger partial charge >= 0.3 is 0 Å². The molecule has 4 aromatic rings. The number of rotatable bonds is 8. The number of hydrogen-bond donors (Lipinski definition) is 0. The molecule has 1 fully saturated rings. The summed E-state index contributed by atoms with van der Waals surface area (Å²) in [6, 6.07) is 13.2. The maximum Gasteiger partial charge on any atom is 0.260 e. The van der Waals surface area contributed by atoms with Crippen molar-refractivity contribution in [3.8, 4) is 5.75 Å². The predicted octanol–water partition coefficient (Wildman–Crippen LogP) is 4.98. The fraction of sp³-hybridized carbons (Fsp3) is 0.240. The SMILES string of the molecule is COc1ccc(Cl)c2sc(N(Cc3ccncc3)C(=O)c3ccc(S(=O)(=O)N(C)C4CC4)cc3)nc12. The number of halogens is 1. The molecule has 2 aromatic heterocycles. The molecule has 8 nitrogen and oxygen atoms in total. The lowest BCUT2D eigenvalue weighted by Gasteiger charge is -2.21. The van der Waals surface area contributed by atoms with Gasteiger partial charge in [-0.3, -0.25) is 14.7 Å². The molecule has 11 heteroatoms. The summed E-state index contributed by atoms with van der Waals surface area (Å²) < 4.78 is 33.3.